The second kappa shape index (κ2) is 3.37. The summed E-state index contributed by atoms with van der Waals surface area (Å²) in [6, 6.07) is 0. The zero-order valence-corrected chi connectivity index (χ0v) is 8.51. The van der Waals surface area contributed by atoms with Crippen LogP contribution in [-0.2, 0) is 4.79 Å². The number of halogens is 5. The topological polar surface area (TPSA) is 17.1 Å². The van der Waals surface area contributed by atoms with Gasteiger partial charge in [-0.1, -0.05) is 29.3 Å². The lowest BCUT2D eigenvalue weighted by Crippen LogP contribution is -2.56. The van der Waals surface area contributed by atoms with Gasteiger partial charge in [-0.2, -0.15) is 0 Å². The molecule has 0 saturated heterocycles. The van der Waals surface area contributed by atoms with Crippen molar-refractivity contribution in [3.8, 4) is 0 Å². The maximum Gasteiger partial charge on any atom is 0.281 e. The van der Waals surface area contributed by atoms with E-state index in [-0.39, 0.29) is 0 Å². The molecule has 0 aromatic heterocycles. The minimum Gasteiger partial charge on any atom is -0.276 e. The van der Waals surface area contributed by atoms with Crippen LogP contribution >= 0.6 is 34.8 Å². The summed E-state index contributed by atoms with van der Waals surface area (Å²) in [4.78, 5) is 10.3. The zero-order valence-electron chi connectivity index (χ0n) is 6.24. The molecule has 0 N–H and O–H groups in total. The molecule has 0 aliphatic heterocycles. The van der Waals surface area contributed by atoms with Crippen LogP contribution in [0.1, 0.15) is 6.42 Å². The Kier molecular flexibility index (Phi) is 2.91. The Labute approximate surface area is 88.6 Å². The molecule has 1 aliphatic rings. The maximum atomic E-state index is 12.7. The summed E-state index contributed by atoms with van der Waals surface area (Å²) in [5.41, 5.74) is 0. The van der Waals surface area contributed by atoms with Crippen molar-refractivity contribution in [2.24, 2.45) is 5.92 Å². The van der Waals surface area contributed by atoms with Gasteiger partial charge in [0.15, 0.2) is 4.33 Å². The number of hydrogen-bond donors (Lipinski definition) is 0. The second-order valence-electron chi connectivity index (χ2n) is 2.80. The van der Waals surface area contributed by atoms with Crippen LogP contribution in [0.3, 0.4) is 0 Å². The molecule has 0 aromatic rings. The number of rotatable bonds is 2. The quantitative estimate of drug-likeness (QED) is 0.417. The molecule has 1 atom stereocenters. The molecule has 1 unspecified atom stereocenters. The van der Waals surface area contributed by atoms with Crippen LogP contribution in [0, 0.1) is 5.92 Å². The zero-order chi connectivity index (χ0) is 10.3. The smallest absolute Gasteiger partial charge is 0.276 e. The van der Waals surface area contributed by atoms with Crippen molar-refractivity contribution >= 4 is 40.0 Å². The van der Waals surface area contributed by atoms with Crippen molar-refractivity contribution in [2.75, 3.05) is 0 Å². The molecule has 1 fully saturated rings. The third kappa shape index (κ3) is 1.97. The number of carbonyl (C=O) groups excluding carboxylic acids is 1. The van der Waals surface area contributed by atoms with E-state index in [9.17, 15) is 13.6 Å². The Balaban J connectivity index is 2.65. The molecule has 1 nitrogen and oxygen atoms in total. The Morgan fingerprint density at radius 1 is 1.46 bits per heavy atom. The fourth-order valence-corrected chi connectivity index (χ4v) is 1.59. The average molecular weight is 249 g/mol. The van der Waals surface area contributed by atoms with Crippen molar-refractivity contribution < 1.29 is 13.6 Å². The summed E-state index contributed by atoms with van der Waals surface area (Å²) in [5, 5.41) is -0.737. The molecule has 1 aliphatic carbocycles. The molecule has 0 heterocycles. The monoisotopic (exact) mass is 248 g/mol. The molecule has 1 rings (SSSR count). The minimum atomic E-state index is -3.10. The molecule has 6 heteroatoms. The highest BCUT2D eigenvalue weighted by molar-refractivity contribution is 6.66. The predicted molar refractivity (Wildman–Crippen MR) is 47.5 cm³/mol. The van der Waals surface area contributed by atoms with Crippen molar-refractivity contribution in [3.63, 3.8) is 0 Å². The molecule has 0 radical (unpaired) electrons. The summed E-state index contributed by atoms with van der Waals surface area (Å²) in [6.07, 6.45) is 1.72. The molecular weight excluding hydrogens is 244 g/mol. The van der Waals surface area contributed by atoms with E-state index in [1.54, 1.807) is 0 Å². The summed E-state index contributed by atoms with van der Waals surface area (Å²) >= 11 is 15.7. The highest BCUT2D eigenvalue weighted by atomic mass is 35.5. The second-order valence-corrected chi connectivity index (χ2v) is 4.56. The first-order valence-corrected chi connectivity index (χ1v) is 4.54. The summed E-state index contributed by atoms with van der Waals surface area (Å²) < 4.78 is 23.2. The lowest BCUT2D eigenvalue weighted by Gasteiger charge is -2.45. The SMILES string of the molecule is O=C(Cl)C=CC1CC(F)(F)C1(Cl)Cl. The van der Waals surface area contributed by atoms with Crippen LogP contribution in [0.4, 0.5) is 8.78 Å². The Hall–Kier alpha value is 0.140. The van der Waals surface area contributed by atoms with Crippen LogP contribution in [-0.4, -0.2) is 15.5 Å². The fraction of sp³-hybridized carbons (Fsp3) is 0.571. The third-order valence-corrected chi connectivity index (χ3v) is 3.13. The standard InChI is InChI=1S/C7H5Cl3F2O/c8-5(13)2-1-4-3-6(11,12)7(4,9)10/h1-2,4H,3H2. The lowest BCUT2D eigenvalue weighted by molar-refractivity contribution is -0.110. The van der Waals surface area contributed by atoms with Gasteiger partial charge in [-0.05, 0) is 17.7 Å². The highest BCUT2D eigenvalue weighted by Crippen LogP contribution is 2.58. The predicted octanol–water partition coefficient (Wildman–Crippen LogP) is 3.14. The van der Waals surface area contributed by atoms with E-state index in [0.29, 0.717) is 0 Å². The summed E-state index contributed by atoms with van der Waals surface area (Å²) in [5.74, 6) is -3.82. The number of hydrogen-bond acceptors (Lipinski definition) is 1. The van der Waals surface area contributed by atoms with Crippen LogP contribution in [0.5, 0.6) is 0 Å². The van der Waals surface area contributed by atoms with Crippen LogP contribution in [0.15, 0.2) is 12.2 Å². The van der Waals surface area contributed by atoms with Gasteiger partial charge in [-0.3, -0.25) is 4.79 Å². The van der Waals surface area contributed by atoms with E-state index in [1.807, 2.05) is 0 Å². The summed E-state index contributed by atoms with van der Waals surface area (Å²) in [6.45, 7) is 0. The van der Waals surface area contributed by atoms with E-state index in [0.717, 1.165) is 6.08 Å². The fourth-order valence-electron chi connectivity index (χ4n) is 1.06. The third-order valence-electron chi connectivity index (χ3n) is 1.89. The van der Waals surface area contributed by atoms with Crippen molar-refractivity contribution in [1.29, 1.82) is 0 Å². The largest absolute Gasteiger partial charge is 0.281 e. The van der Waals surface area contributed by atoms with E-state index >= 15 is 0 Å². The molecule has 0 aromatic carbocycles. The Bertz CT molecular complexity index is 262. The Morgan fingerprint density at radius 2 is 2.00 bits per heavy atom. The van der Waals surface area contributed by atoms with Crippen LogP contribution < -0.4 is 0 Å². The van der Waals surface area contributed by atoms with Crippen LogP contribution in [0.25, 0.3) is 0 Å². The van der Waals surface area contributed by atoms with Crippen molar-refractivity contribution in [1.82, 2.24) is 0 Å². The van der Waals surface area contributed by atoms with Gasteiger partial charge in [0.2, 0.25) is 5.24 Å². The van der Waals surface area contributed by atoms with E-state index in [4.69, 9.17) is 34.8 Å². The van der Waals surface area contributed by atoms with Crippen LogP contribution in [0.2, 0.25) is 0 Å². The van der Waals surface area contributed by atoms with Gasteiger partial charge in [0.1, 0.15) is 0 Å². The van der Waals surface area contributed by atoms with Gasteiger partial charge in [0.05, 0.1) is 0 Å². The first-order valence-electron chi connectivity index (χ1n) is 3.40. The van der Waals surface area contributed by atoms with Gasteiger partial charge in [-0.25, -0.2) is 8.78 Å². The molecule has 74 valence electrons. The molecule has 0 bridgehead atoms. The minimum absolute atomic E-state index is 0.458. The number of carbonyl (C=O) groups is 1. The number of alkyl halides is 4. The Morgan fingerprint density at radius 3 is 2.31 bits per heavy atom. The normalized spacial score (nSPS) is 30.1. The van der Waals surface area contributed by atoms with Crippen molar-refractivity contribution in [3.05, 3.63) is 12.2 Å². The van der Waals surface area contributed by atoms with Gasteiger partial charge < -0.3 is 0 Å². The molecule has 13 heavy (non-hydrogen) atoms. The molecule has 1 saturated carbocycles. The van der Waals surface area contributed by atoms with E-state index in [2.05, 4.69) is 0 Å². The van der Waals surface area contributed by atoms with Gasteiger partial charge in [-0.15, -0.1) is 0 Å². The van der Waals surface area contributed by atoms with Gasteiger partial charge >= 0.3 is 0 Å². The molecular formula is C7H5Cl3F2O. The van der Waals surface area contributed by atoms with Gasteiger partial charge in [0, 0.05) is 12.3 Å². The number of allylic oxidation sites excluding steroid dienone is 2. The van der Waals surface area contributed by atoms with E-state index < -0.39 is 27.8 Å². The van der Waals surface area contributed by atoms with E-state index in [1.165, 1.54) is 6.08 Å². The van der Waals surface area contributed by atoms with Crippen molar-refractivity contribution in [2.45, 2.75) is 16.7 Å². The summed E-state index contributed by atoms with van der Waals surface area (Å²) in [7, 11) is 0. The highest BCUT2D eigenvalue weighted by Gasteiger charge is 2.66. The molecule has 0 amide bonds. The maximum absolute atomic E-state index is 12.7. The first kappa shape index (κ1) is 11.2. The average Bonchev–Trinajstić information content (AvgIpc) is 1.97. The van der Waals surface area contributed by atoms with Gasteiger partial charge in [0.25, 0.3) is 5.92 Å². The molecule has 0 spiro atoms. The first-order chi connectivity index (χ1) is 5.77. The lowest BCUT2D eigenvalue weighted by atomic mass is 9.80.